The van der Waals surface area contributed by atoms with Gasteiger partial charge in [-0.05, 0) is 61.5 Å². The molecule has 3 aromatic carbocycles. The fourth-order valence-electron chi connectivity index (χ4n) is 3.96. The highest BCUT2D eigenvalue weighted by atomic mass is 35.5. The Labute approximate surface area is 204 Å². The van der Waals surface area contributed by atoms with E-state index in [2.05, 4.69) is 15.2 Å². The number of aliphatic hydroxyl groups is 1. The molecule has 4 aromatic rings. The van der Waals surface area contributed by atoms with E-state index in [0.29, 0.717) is 22.8 Å². The minimum absolute atomic E-state index is 0. The molecule has 172 valence electrons. The Morgan fingerprint density at radius 2 is 1.82 bits per heavy atom. The van der Waals surface area contributed by atoms with Crippen molar-refractivity contribution in [2.24, 2.45) is 0 Å². The number of halogens is 2. The summed E-state index contributed by atoms with van der Waals surface area (Å²) >= 11 is 6.16. The molecule has 0 spiro atoms. The smallest absolute Gasteiger partial charge is 0.255 e. The first kappa shape index (κ1) is 24.8. The number of nitrogens with zero attached hydrogens (tertiary/aromatic N) is 1. The highest BCUT2D eigenvalue weighted by molar-refractivity contribution is 6.31. The summed E-state index contributed by atoms with van der Waals surface area (Å²) in [6.07, 6.45) is 1.37. The average Bonchev–Trinajstić information content (AvgIpc) is 3.19. The van der Waals surface area contributed by atoms with Crippen LogP contribution in [0.25, 0.3) is 10.9 Å². The van der Waals surface area contributed by atoms with Crippen molar-refractivity contribution in [3.05, 3.63) is 101 Å². The monoisotopic (exact) mass is 483 g/mol. The van der Waals surface area contributed by atoms with Gasteiger partial charge in [0.1, 0.15) is 0 Å². The maximum Gasteiger partial charge on any atom is 0.255 e. The van der Waals surface area contributed by atoms with E-state index in [0.717, 1.165) is 22.0 Å². The van der Waals surface area contributed by atoms with Crippen molar-refractivity contribution in [3.63, 3.8) is 0 Å². The van der Waals surface area contributed by atoms with Gasteiger partial charge in [0.05, 0.1) is 12.1 Å². The van der Waals surface area contributed by atoms with Crippen LogP contribution in [0.1, 0.15) is 27.5 Å². The fraction of sp³-hybridized carbons (Fsp3) is 0.192. The summed E-state index contributed by atoms with van der Waals surface area (Å²) in [5, 5.41) is 18.4. The molecular formula is C26H27Cl2N3O2. The number of benzene rings is 3. The number of amides is 1. The van der Waals surface area contributed by atoms with Crippen LogP contribution < -0.4 is 10.6 Å². The number of likely N-dealkylation sites (N-methyl/N-ethyl adjacent to an activating group) is 1. The third-order valence-electron chi connectivity index (χ3n) is 5.63. The number of carbonyl (C=O) groups is 1. The molecule has 0 radical (unpaired) electrons. The highest BCUT2D eigenvalue weighted by Crippen LogP contribution is 2.29. The molecule has 0 aliphatic rings. The van der Waals surface area contributed by atoms with E-state index in [1.807, 2.05) is 80.8 Å². The highest BCUT2D eigenvalue weighted by Gasteiger charge is 2.23. The minimum Gasteiger partial charge on any atom is -0.389 e. The molecule has 33 heavy (non-hydrogen) atoms. The van der Waals surface area contributed by atoms with E-state index in [4.69, 9.17) is 11.6 Å². The number of aliphatic hydroxyl groups excluding tert-OH is 1. The van der Waals surface area contributed by atoms with E-state index in [-0.39, 0.29) is 24.4 Å². The van der Waals surface area contributed by atoms with Crippen LogP contribution in [0.3, 0.4) is 0 Å². The number of anilines is 1. The Morgan fingerprint density at radius 3 is 2.52 bits per heavy atom. The summed E-state index contributed by atoms with van der Waals surface area (Å²) in [5.74, 6) is -0.211. The lowest BCUT2D eigenvalue weighted by molar-refractivity contribution is 0.102. The number of aryl methyl sites for hydroxylation is 1. The summed E-state index contributed by atoms with van der Waals surface area (Å²) < 4.78 is 2.08. The van der Waals surface area contributed by atoms with Crippen LogP contribution in [0.5, 0.6) is 0 Å². The van der Waals surface area contributed by atoms with Gasteiger partial charge in [-0.3, -0.25) is 4.79 Å². The third-order valence-corrected chi connectivity index (χ3v) is 6.04. The van der Waals surface area contributed by atoms with Crippen LogP contribution in [-0.4, -0.2) is 35.3 Å². The van der Waals surface area contributed by atoms with Gasteiger partial charge in [0.25, 0.3) is 5.91 Å². The molecule has 0 bridgehead atoms. The number of carbonyl (C=O) groups excluding carboxylic acids is 1. The topological polar surface area (TPSA) is 66.3 Å². The fourth-order valence-corrected chi connectivity index (χ4v) is 4.14. The number of nitrogens with one attached hydrogen (secondary N) is 2. The predicted molar refractivity (Wildman–Crippen MR) is 138 cm³/mol. The quantitative estimate of drug-likeness (QED) is 0.327. The molecule has 0 saturated heterocycles. The summed E-state index contributed by atoms with van der Waals surface area (Å²) in [5.41, 5.74) is 4.15. The SMILES string of the molecule is CNC[C@@H](O)[C@H](c1ccccc1)n1ccc2cc(NC(=O)c3ccc(C)c(Cl)c3)ccc21.Cl. The van der Waals surface area contributed by atoms with Crippen LogP contribution in [0.2, 0.25) is 5.02 Å². The molecule has 3 N–H and O–H groups in total. The number of aromatic nitrogens is 1. The number of hydrogen-bond donors (Lipinski definition) is 3. The van der Waals surface area contributed by atoms with Crippen molar-refractivity contribution in [1.82, 2.24) is 9.88 Å². The number of hydrogen-bond acceptors (Lipinski definition) is 3. The van der Waals surface area contributed by atoms with Gasteiger partial charge >= 0.3 is 0 Å². The van der Waals surface area contributed by atoms with Crippen LogP contribution in [0, 0.1) is 6.92 Å². The zero-order valence-corrected chi connectivity index (χ0v) is 20.0. The average molecular weight is 484 g/mol. The van der Waals surface area contributed by atoms with Crippen molar-refractivity contribution < 1.29 is 9.90 Å². The molecule has 2 atom stereocenters. The summed E-state index contributed by atoms with van der Waals surface area (Å²) in [7, 11) is 1.83. The molecule has 0 aliphatic heterocycles. The van der Waals surface area contributed by atoms with Crippen molar-refractivity contribution in [1.29, 1.82) is 0 Å². The van der Waals surface area contributed by atoms with Crippen molar-refractivity contribution in [2.75, 3.05) is 18.9 Å². The second kappa shape index (κ2) is 10.9. The second-order valence-corrected chi connectivity index (χ2v) is 8.30. The Balaban J connectivity index is 0.00000306. The minimum atomic E-state index is -0.608. The molecule has 0 aliphatic carbocycles. The summed E-state index contributed by atoms with van der Waals surface area (Å²) in [4.78, 5) is 12.7. The predicted octanol–water partition coefficient (Wildman–Crippen LogP) is 5.45. The van der Waals surface area contributed by atoms with Crippen molar-refractivity contribution in [2.45, 2.75) is 19.1 Å². The van der Waals surface area contributed by atoms with Gasteiger partial charge in [-0.15, -0.1) is 12.4 Å². The Morgan fingerprint density at radius 1 is 1.06 bits per heavy atom. The summed E-state index contributed by atoms with van der Waals surface area (Å²) in [6, 6.07) is 22.8. The maximum atomic E-state index is 12.7. The van der Waals surface area contributed by atoms with Crippen LogP contribution in [0.15, 0.2) is 79.0 Å². The van der Waals surface area contributed by atoms with Gasteiger partial charge in [0.2, 0.25) is 0 Å². The standard InChI is InChI=1S/C26H26ClN3O2.ClH/c1-17-8-9-20(15-22(17)27)26(32)29-21-10-11-23-19(14-21)12-13-30(23)25(24(31)16-28-2)18-6-4-3-5-7-18;/h3-15,24-25,28,31H,16H2,1-2H3,(H,29,32);1H/t24-,25+;/m1./s1. The van der Waals surface area contributed by atoms with Gasteiger partial charge in [0.15, 0.2) is 0 Å². The Bertz CT molecular complexity index is 1240. The van der Waals surface area contributed by atoms with E-state index in [1.54, 1.807) is 12.1 Å². The second-order valence-electron chi connectivity index (χ2n) is 7.90. The molecule has 0 unspecified atom stereocenters. The van der Waals surface area contributed by atoms with Crippen LogP contribution in [0.4, 0.5) is 5.69 Å². The van der Waals surface area contributed by atoms with Gasteiger partial charge in [-0.2, -0.15) is 0 Å². The number of fused-ring (bicyclic) bond motifs is 1. The molecular weight excluding hydrogens is 457 g/mol. The zero-order chi connectivity index (χ0) is 22.7. The van der Waals surface area contributed by atoms with E-state index in [1.165, 1.54) is 0 Å². The summed E-state index contributed by atoms with van der Waals surface area (Å²) in [6.45, 7) is 2.37. The Hall–Kier alpha value is -2.83. The van der Waals surface area contributed by atoms with Crippen molar-refractivity contribution in [3.8, 4) is 0 Å². The lowest BCUT2D eigenvalue weighted by Crippen LogP contribution is -2.33. The molecule has 4 rings (SSSR count). The van der Waals surface area contributed by atoms with Gasteiger partial charge in [-0.1, -0.05) is 48.0 Å². The zero-order valence-electron chi connectivity index (χ0n) is 18.5. The third kappa shape index (κ3) is 5.40. The van der Waals surface area contributed by atoms with E-state index >= 15 is 0 Å². The largest absolute Gasteiger partial charge is 0.389 e. The molecule has 0 fully saturated rings. The molecule has 1 aromatic heterocycles. The first-order valence-electron chi connectivity index (χ1n) is 10.5. The number of rotatable bonds is 7. The first-order chi connectivity index (χ1) is 15.5. The molecule has 0 saturated carbocycles. The van der Waals surface area contributed by atoms with Gasteiger partial charge in [0, 0.05) is 39.9 Å². The van der Waals surface area contributed by atoms with Gasteiger partial charge < -0.3 is 20.3 Å². The van der Waals surface area contributed by atoms with Crippen LogP contribution in [-0.2, 0) is 0 Å². The lowest BCUT2D eigenvalue weighted by Gasteiger charge is -2.26. The first-order valence-corrected chi connectivity index (χ1v) is 10.9. The Kier molecular flexibility index (Phi) is 8.16. The van der Waals surface area contributed by atoms with E-state index in [9.17, 15) is 9.90 Å². The molecule has 5 nitrogen and oxygen atoms in total. The maximum absolute atomic E-state index is 12.7. The van der Waals surface area contributed by atoms with Crippen molar-refractivity contribution >= 4 is 46.5 Å². The molecule has 1 heterocycles. The van der Waals surface area contributed by atoms with E-state index < -0.39 is 6.10 Å². The van der Waals surface area contributed by atoms with Gasteiger partial charge in [-0.25, -0.2) is 0 Å². The molecule has 1 amide bonds. The molecule has 7 heteroatoms. The van der Waals surface area contributed by atoms with Crippen LogP contribution >= 0.6 is 24.0 Å². The lowest BCUT2D eigenvalue weighted by atomic mass is 10.0. The normalized spacial score (nSPS) is 12.7.